The lowest BCUT2D eigenvalue weighted by Gasteiger charge is -2.13. The Bertz CT molecular complexity index is 427. The first-order valence-electron chi connectivity index (χ1n) is 5.08. The average Bonchev–Trinajstić information content (AvgIpc) is 2.61. The van der Waals surface area contributed by atoms with Gasteiger partial charge < -0.3 is 5.11 Å². The molecule has 1 aromatic heterocycles. The van der Waals surface area contributed by atoms with Crippen molar-refractivity contribution in [2.45, 2.75) is 30.8 Å². The van der Waals surface area contributed by atoms with Crippen LogP contribution in [0.15, 0.2) is 17.3 Å². The number of aromatic nitrogens is 2. The van der Waals surface area contributed by atoms with Crippen molar-refractivity contribution in [3.05, 3.63) is 12.3 Å². The summed E-state index contributed by atoms with van der Waals surface area (Å²) in [6.45, 7) is 1.83. The maximum absolute atomic E-state index is 11.9. The van der Waals surface area contributed by atoms with Crippen molar-refractivity contribution in [3.63, 3.8) is 0 Å². The maximum atomic E-state index is 11.9. The molecule has 92 valence electrons. The molecule has 2 N–H and O–H groups in total. The zero-order valence-corrected chi connectivity index (χ0v) is 10.2. The Morgan fingerprint density at radius 1 is 1.62 bits per heavy atom. The SMILES string of the molecule is CC(CCCO)NS(=O)(=O)c1ccnn1C. The van der Waals surface area contributed by atoms with Crippen molar-refractivity contribution in [1.82, 2.24) is 14.5 Å². The highest BCUT2D eigenvalue weighted by Gasteiger charge is 2.19. The van der Waals surface area contributed by atoms with E-state index in [-0.39, 0.29) is 17.7 Å². The van der Waals surface area contributed by atoms with Gasteiger partial charge in [-0.15, -0.1) is 0 Å². The van der Waals surface area contributed by atoms with Gasteiger partial charge >= 0.3 is 0 Å². The Morgan fingerprint density at radius 2 is 2.31 bits per heavy atom. The van der Waals surface area contributed by atoms with E-state index in [0.717, 1.165) is 0 Å². The second-order valence-electron chi connectivity index (χ2n) is 3.68. The molecule has 0 amide bonds. The van der Waals surface area contributed by atoms with Gasteiger partial charge in [-0.05, 0) is 25.8 Å². The molecule has 0 saturated heterocycles. The third-order valence-electron chi connectivity index (χ3n) is 2.20. The summed E-state index contributed by atoms with van der Waals surface area (Å²) >= 11 is 0. The number of aliphatic hydroxyl groups excluding tert-OH is 1. The minimum atomic E-state index is -3.51. The first-order valence-corrected chi connectivity index (χ1v) is 6.57. The fourth-order valence-corrected chi connectivity index (χ4v) is 2.81. The summed E-state index contributed by atoms with van der Waals surface area (Å²) in [6.07, 6.45) is 2.62. The highest BCUT2D eigenvalue weighted by Crippen LogP contribution is 2.08. The minimum Gasteiger partial charge on any atom is -0.396 e. The molecule has 1 unspecified atom stereocenters. The number of rotatable bonds is 6. The van der Waals surface area contributed by atoms with E-state index in [1.807, 2.05) is 0 Å². The van der Waals surface area contributed by atoms with Crippen LogP contribution < -0.4 is 4.72 Å². The van der Waals surface area contributed by atoms with Crippen molar-refractivity contribution >= 4 is 10.0 Å². The van der Waals surface area contributed by atoms with Gasteiger partial charge in [0.1, 0.15) is 0 Å². The topological polar surface area (TPSA) is 84.2 Å². The number of hydrogen-bond acceptors (Lipinski definition) is 4. The lowest BCUT2D eigenvalue weighted by molar-refractivity contribution is 0.279. The van der Waals surface area contributed by atoms with Crippen LogP contribution in [0.5, 0.6) is 0 Å². The molecule has 0 spiro atoms. The minimum absolute atomic E-state index is 0.0672. The molecule has 0 aromatic carbocycles. The van der Waals surface area contributed by atoms with Crippen molar-refractivity contribution in [2.75, 3.05) is 6.61 Å². The van der Waals surface area contributed by atoms with Gasteiger partial charge in [-0.1, -0.05) is 0 Å². The van der Waals surface area contributed by atoms with Crippen LogP contribution in [-0.2, 0) is 17.1 Å². The molecular formula is C9H17N3O3S. The number of sulfonamides is 1. The van der Waals surface area contributed by atoms with Crippen LogP contribution in [0.4, 0.5) is 0 Å². The highest BCUT2D eigenvalue weighted by atomic mass is 32.2. The second-order valence-corrected chi connectivity index (χ2v) is 5.34. The number of nitrogens with zero attached hydrogens (tertiary/aromatic N) is 2. The highest BCUT2D eigenvalue weighted by molar-refractivity contribution is 7.89. The largest absolute Gasteiger partial charge is 0.396 e. The molecule has 16 heavy (non-hydrogen) atoms. The normalized spacial score (nSPS) is 13.9. The summed E-state index contributed by atoms with van der Waals surface area (Å²) < 4.78 is 27.5. The second kappa shape index (κ2) is 5.42. The Hall–Kier alpha value is -0.920. The maximum Gasteiger partial charge on any atom is 0.257 e. The number of aliphatic hydroxyl groups is 1. The van der Waals surface area contributed by atoms with Gasteiger partial charge in [-0.2, -0.15) is 5.10 Å². The molecule has 1 heterocycles. The molecule has 0 aliphatic rings. The molecule has 1 atom stereocenters. The number of aryl methyl sites for hydroxylation is 1. The molecule has 0 aliphatic carbocycles. The van der Waals surface area contributed by atoms with Gasteiger partial charge in [-0.25, -0.2) is 13.1 Å². The Kier molecular flexibility index (Phi) is 4.45. The van der Waals surface area contributed by atoms with Crippen LogP contribution in [-0.4, -0.2) is 36.0 Å². The van der Waals surface area contributed by atoms with Crippen LogP contribution in [0, 0.1) is 0 Å². The van der Waals surface area contributed by atoms with E-state index >= 15 is 0 Å². The molecule has 7 heteroatoms. The van der Waals surface area contributed by atoms with E-state index in [1.54, 1.807) is 14.0 Å². The van der Waals surface area contributed by atoms with Gasteiger partial charge in [-0.3, -0.25) is 4.68 Å². The predicted octanol–water partition coefficient (Wildman–Crippen LogP) is -0.141. The molecule has 0 bridgehead atoms. The third-order valence-corrected chi connectivity index (χ3v) is 3.87. The first kappa shape index (κ1) is 13.1. The fraction of sp³-hybridized carbons (Fsp3) is 0.667. The zero-order chi connectivity index (χ0) is 12.2. The Balaban J connectivity index is 2.69. The Morgan fingerprint density at radius 3 is 2.81 bits per heavy atom. The lowest BCUT2D eigenvalue weighted by Crippen LogP contribution is -2.33. The van der Waals surface area contributed by atoms with Crippen LogP contribution in [0.1, 0.15) is 19.8 Å². The predicted molar refractivity (Wildman–Crippen MR) is 59.3 cm³/mol. The quantitative estimate of drug-likeness (QED) is 0.732. The zero-order valence-electron chi connectivity index (χ0n) is 9.42. The molecule has 6 nitrogen and oxygen atoms in total. The third kappa shape index (κ3) is 3.29. The molecule has 0 fully saturated rings. The van der Waals surface area contributed by atoms with Crippen LogP contribution in [0.25, 0.3) is 0 Å². The van der Waals surface area contributed by atoms with Crippen LogP contribution >= 0.6 is 0 Å². The first-order chi connectivity index (χ1) is 7.47. The van der Waals surface area contributed by atoms with Crippen molar-refractivity contribution in [2.24, 2.45) is 7.05 Å². The van der Waals surface area contributed by atoms with Gasteiger partial charge in [0.15, 0.2) is 5.03 Å². The van der Waals surface area contributed by atoms with Crippen molar-refractivity contribution in [3.8, 4) is 0 Å². The van der Waals surface area contributed by atoms with Crippen molar-refractivity contribution < 1.29 is 13.5 Å². The summed E-state index contributed by atoms with van der Waals surface area (Å²) in [6, 6.07) is 1.24. The summed E-state index contributed by atoms with van der Waals surface area (Å²) in [7, 11) is -1.93. The smallest absolute Gasteiger partial charge is 0.257 e. The van der Waals surface area contributed by atoms with Crippen LogP contribution in [0.2, 0.25) is 0 Å². The van der Waals surface area contributed by atoms with E-state index in [4.69, 9.17) is 5.11 Å². The van der Waals surface area contributed by atoms with E-state index in [2.05, 4.69) is 9.82 Å². The molecule has 1 rings (SSSR count). The summed E-state index contributed by atoms with van der Waals surface area (Å²) in [5, 5.41) is 12.6. The van der Waals surface area contributed by atoms with Gasteiger partial charge in [0.2, 0.25) is 0 Å². The monoisotopic (exact) mass is 247 g/mol. The molecule has 0 aliphatic heterocycles. The molecule has 1 aromatic rings. The van der Waals surface area contributed by atoms with Crippen LogP contribution in [0.3, 0.4) is 0 Å². The average molecular weight is 247 g/mol. The lowest BCUT2D eigenvalue weighted by atomic mass is 10.2. The summed E-state index contributed by atoms with van der Waals surface area (Å²) in [5.74, 6) is 0. The molecule has 0 saturated carbocycles. The van der Waals surface area contributed by atoms with E-state index in [0.29, 0.717) is 12.8 Å². The standard InChI is InChI=1S/C9H17N3O3S/c1-8(4-3-7-13)11-16(14,15)9-5-6-10-12(9)2/h5-6,8,11,13H,3-4,7H2,1-2H3. The summed E-state index contributed by atoms with van der Waals surface area (Å²) in [5.41, 5.74) is 0. The fourth-order valence-electron chi connectivity index (χ4n) is 1.41. The van der Waals surface area contributed by atoms with E-state index in [9.17, 15) is 8.42 Å². The number of nitrogens with one attached hydrogen (secondary N) is 1. The molecule has 0 radical (unpaired) electrons. The summed E-state index contributed by atoms with van der Waals surface area (Å²) in [4.78, 5) is 0. The molecular weight excluding hydrogens is 230 g/mol. The van der Waals surface area contributed by atoms with Gasteiger partial charge in [0, 0.05) is 19.7 Å². The number of hydrogen-bond donors (Lipinski definition) is 2. The van der Waals surface area contributed by atoms with Gasteiger partial charge in [0.05, 0.1) is 6.20 Å². The van der Waals surface area contributed by atoms with Gasteiger partial charge in [0.25, 0.3) is 10.0 Å². The van der Waals surface area contributed by atoms with E-state index < -0.39 is 10.0 Å². The van der Waals surface area contributed by atoms with E-state index in [1.165, 1.54) is 16.9 Å². The van der Waals surface area contributed by atoms with Crippen molar-refractivity contribution in [1.29, 1.82) is 0 Å². The Labute approximate surface area is 95.3 Å².